The van der Waals surface area contributed by atoms with Crippen LogP contribution >= 0.6 is 11.6 Å². The van der Waals surface area contributed by atoms with E-state index in [-0.39, 0.29) is 0 Å². The first kappa shape index (κ1) is 9.33. The Morgan fingerprint density at radius 2 is 2.33 bits per heavy atom. The molecule has 0 bridgehead atoms. The topological polar surface area (TPSA) is 16.1 Å². The number of halogens is 1. The standard InChI is InChI=1S/C9H13ClN2/c1-8-3-5-11-9(7-8)12(2)6-4-10/h3,5,7H,4,6H2,1-2H3. The number of nitrogens with zero attached hydrogens (tertiary/aromatic N) is 2. The fraction of sp³-hybridized carbons (Fsp3) is 0.444. The normalized spacial score (nSPS) is 9.92. The zero-order valence-corrected chi connectivity index (χ0v) is 8.17. The van der Waals surface area contributed by atoms with Gasteiger partial charge in [-0.2, -0.15) is 0 Å². The van der Waals surface area contributed by atoms with Gasteiger partial charge in [-0.05, 0) is 24.6 Å². The molecule has 1 aromatic rings. The van der Waals surface area contributed by atoms with Gasteiger partial charge < -0.3 is 4.90 Å². The number of aromatic nitrogens is 1. The van der Waals surface area contributed by atoms with Crippen molar-refractivity contribution in [2.24, 2.45) is 0 Å². The summed E-state index contributed by atoms with van der Waals surface area (Å²) in [5, 5.41) is 0. The van der Waals surface area contributed by atoms with Crippen LogP contribution in [-0.4, -0.2) is 24.5 Å². The van der Waals surface area contributed by atoms with E-state index in [0.29, 0.717) is 5.88 Å². The first-order valence-corrected chi connectivity index (χ1v) is 4.47. The van der Waals surface area contributed by atoms with Crippen LogP contribution in [0.1, 0.15) is 5.56 Å². The number of hydrogen-bond acceptors (Lipinski definition) is 2. The summed E-state index contributed by atoms with van der Waals surface area (Å²) < 4.78 is 0. The minimum Gasteiger partial charge on any atom is -0.358 e. The third-order valence-electron chi connectivity index (χ3n) is 1.71. The number of alkyl halides is 1. The van der Waals surface area contributed by atoms with Crippen molar-refractivity contribution in [3.63, 3.8) is 0 Å². The van der Waals surface area contributed by atoms with Gasteiger partial charge in [0.05, 0.1) is 0 Å². The highest BCUT2D eigenvalue weighted by Crippen LogP contribution is 2.09. The summed E-state index contributed by atoms with van der Waals surface area (Å²) in [5.74, 6) is 1.61. The van der Waals surface area contributed by atoms with Gasteiger partial charge in [0.15, 0.2) is 0 Å². The monoisotopic (exact) mass is 184 g/mol. The zero-order chi connectivity index (χ0) is 8.97. The van der Waals surface area contributed by atoms with Gasteiger partial charge in [0.25, 0.3) is 0 Å². The molecular weight excluding hydrogens is 172 g/mol. The Morgan fingerprint density at radius 3 is 2.92 bits per heavy atom. The number of pyridine rings is 1. The molecule has 0 radical (unpaired) electrons. The lowest BCUT2D eigenvalue weighted by Crippen LogP contribution is -2.20. The molecule has 0 aliphatic rings. The largest absolute Gasteiger partial charge is 0.358 e. The summed E-state index contributed by atoms with van der Waals surface area (Å²) in [6, 6.07) is 4.03. The third-order valence-corrected chi connectivity index (χ3v) is 1.88. The fourth-order valence-electron chi connectivity index (χ4n) is 0.970. The Balaban J connectivity index is 2.73. The van der Waals surface area contributed by atoms with E-state index < -0.39 is 0 Å². The number of hydrogen-bond donors (Lipinski definition) is 0. The average Bonchev–Trinajstić information content (AvgIpc) is 2.05. The van der Waals surface area contributed by atoms with E-state index in [1.165, 1.54) is 5.56 Å². The quantitative estimate of drug-likeness (QED) is 0.669. The molecule has 2 nitrogen and oxygen atoms in total. The molecule has 0 amide bonds. The molecule has 0 aliphatic heterocycles. The molecule has 0 aromatic carbocycles. The van der Waals surface area contributed by atoms with Gasteiger partial charge in [0, 0.05) is 25.7 Å². The molecule has 3 heteroatoms. The molecule has 0 saturated heterocycles. The molecule has 1 rings (SSSR count). The number of rotatable bonds is 3. The maximum atomic E-state index is 5.62. The van der Waals surface area contributed by atoms with E-state index in [1.54, 1.807) is 0 Å². The molecule has 0 spiro atoms. The molecule has 1 heterocycles. The van der Waals surface area contributed by atoms with Crippen molar-refractivity contribution in [3.8, 4) is 0 Å². The van der Waals surface area contributed by atoms with E-state index >= 15 is 0 Å². The Morgan fingerprint density at radius 1 is 1.58 bits per heavy atom. The van der Waals surface area contributed by atoms with Crippen molar-refractivity contribution in [1.29, 1.82) is 0 Å². The Labute approximate surface area is 78.2 Å². The maximum absolute atomic E-state index is 5.62. The second-order valence-electron chi connectivity index (χ2n) is 2.80. The van der Waals surface area contributed by atoms with Gasteiger partial charge in [0.1, 0.15) is 5.82 Å². The molecule has 0 unspecified atom stereocenters. The predicted molar refractivity (Wildman–Crippen MR) is 53.0 cm³/mol. The first-order valence-electron chi connectivity index (χ1n) is 3.94. The molecular formula is C9H13ClN2. The zero-order valence-electron chi connectivity index (χ0n) is 7.42. The van der Waals surface area contributed by atoms with Gasteiger partial charge in [-0.25, -0.2) is 4.98 Å². The van der Waals surface area contributed by atoms with E-state index in [9.17, 15) is 0 Å². The van der Waals surface area contributed by atoms with Crippen molar-refractivity contribution in [2.75, 3.05) is 24.4 Å². The molecule has 1 aromatic heterocycles. The predicted octanol–water partition coefficient (Wildman–Crippen LogP) is 2.07. The van der Waals surface area contributed by atoms with Crippen LogP contribution in [0.2, 0.25) is 0 Å². The second-order valence-corrected chi connectivity index (χ2v) is 3.18. The van der Waals surface area contributed by atoms with E-state index in [4.69, 9.17) is 11.6 Å². The molecule has 12 heavy (non-hydrogen) atoms. The van der Waals surface area contributed by atoms with E-state index in [2.05, 4.69) is 11.9 Å². The lowest BCUT2D eigenvalue weighted by molar-refractivity contribution is 0.941. The van der Waals surface area contributed by atoms with Crippen molar-refractivity contribution in [2.45, 2.75) is 6.92 Å². The molecule has 66 valence electrons. The van der Waals surface area contributed by atoms with Gasteiger partial charge >= 0.3 is 0 Å². The molecule has 0 atom stereocenters. The highest BCUT2D eigenvalue weighted by atomic mass is 35.5. The lowest BCUT2D eigenvalue weighted by Gasteiger charge is -2.16. The Hall–Kier alpha value is -0.760. The number of anilines is 1. The summed E-state index contributed by atoms with van der Waals surface area (Å²) in [5.41, 5.74) is 1.22. The molecule has 0 aliphatic carbocycles. The minimum atomic E-state index is 0.631. The van der Waals surface area contributed by atoms with Gasteiger partial charge in [0.2, 0.25) is 0 Å². The van der Waals surface area contributed by atoms with Crippen LogP contribution in [-0.2, 0) is 0 Å². The van der Waals surface area contributed by atoms with Crippen LogP contribution in [0.5, 0.6) is 0 Å². The van der Waals surface area contributed by atoms with Crippen LogP contribution in [0.25, 0.3) is 0 Å². The highest BCUT2D eigenvalue weighted by molar-refractivity contribution is 6.18. The van der Waals surface area contributed by atoms with Crippen molar-refractivity contribution >= 4 is 17.4 Å². The van der Waals surface area contributed by atoms with Crippen LogP contribution in [0.15, 0.2) is 18.3 Å². The van der Waals surface area contributed by atoms with Crippen molar-refractivity contribution < 1.29 is 0 Å². The Bertz CT molecular complexity index is 250. The lowest BCUT2D eigenvalue weighted by atomic mass is 10.3. The third kappa shape index (κ3) is 2.38. The van der Waals surface area contributed by atoms with Crippen LogP contribution in [0, 0.1) is 6.92 Å². The van der Waals surface area contributed by atoms with Gasteiger partial charge in [-0.15, -0.1) is 11.6 Å². The summed E-state index contributed by atoms with van der Waals surface area (Å²) in [6.45, 7) is 2.89. The summed E-state index contributed by atoms with van der Waals surface area (Å²) >= 11 is 5.62. The SMILES string of the molecule is Cc1ccnc(N(C)CCCl)c1. The molecule has 0 fully saturated rings. The average molecular weight is 185 g/mol. The first-order chi connectivity index (χ1) is 5.74. The van der Waals surface area contributed by atoms with Crippen LogP contribution in [0.4, 0.5) is 5.82 Å². The van der Waals surface area contributed by atoms with Crippen molar-refractivity contribution in [1.82, 2.24) is 4.98 Å². The molecule has 0 saturated carbocycles. The maximum Gasteiger partial charge on any atom is 0.128 e. The van der Waals surface area contributed by atoms with Gasteiger partial charge in [-0.1, -0.05) is 0 Å². The van der Waals surface area contributed by atoms with E-state index in [1.807, 2.05) is 30.3 Å². The van der Waals surface area contributed by atoms with Crippen LogP contribution in [0.3, 0.4) is 0 Å². The summed E-state index contributed by atoms with van der Waals surface area (Å²) in [4.78, 5) is 6.27. The van der Waals surface area contributed by atoms with Crippen molar-refractivity contribution in [3.05, 3.63) is 23.9 Å². The second kappa shape index (κ2) is 4.31. The smallest absolute Gasteiger partial charge is 0.128 e. The minimum absolute atomic E-state index is 0.631. The van der Waals surface area contributed by atoms with Gasteiger partial charge in [-0.3, -0.25) is 0 Å². The Kier molecular flexibility index (Phi) is 3.35. The summed E-state index contributed by atoms with van der Waals surface area (Å²) in [6.07, 6.45) is 1.81. The fourth-order valence-corrected chi connectivity index (χ4v) is 1.22. The highest BCUT2D eigenvalue weighted by Gasteiger charge is 1.99. The molecule has 0 N–H and O–H groups in total. The van der Waals surface area contributed by atoms with E-state index in [0.717, 1.165) is 12.4 Å². The summed E-state index contributed by atoms with van der Waals surface area (Å²) in [7, 11) is 1.99. The number of aryl methyl sites for hydroxylation is 1. The van der Waals surface area contributed by atoms with Crippen LogP contribution < -0.4 is 4.90 Å².